The van der Waals surface area contributed by atoms with Crippen molar-refractivity contribution in [2.45, 2.75) is 19.4 Å². The van der Waals surface area contributed by atoms with Crippen molar-refractivity contribution in [3.63, 3.8) is 0 Å². The van der Waals surface area contributed by atoms with Gasteiger partial charge in [-0.2, -0.15) is 0 Å². The minimum atomic E-state index is -0.319. The van der Waals surface area contributed by atoms with Crippen LogP contribution in [0, 0.1) is 5.82 Å². The molecule has 20 heavy (non-hydrogen) atoms. The fourth-order valence-electron chi connectivity index (χ4n) is 2.16. The van der Waals surface area contributed by atoms with Gasteiger partial charge in [0.05, 0.1) is 13.2 Å². The van der Waals surface area contributed by atoms with Gasteiger partial charge in [-0.1, -0.05) is 19.1 Å². The van der Waals surface area contributed by atoms with Gasteiger partial charge in [0.15, 0.2) is 11.6 Å². The first kappa shape index (κ1) is 14.5. The van der Waals surface area contributed by atoms with E-state index in [1.165, 1.54) is 7.11 Å². The summed E-state index contributed by atoms with van der Waals surface area (Å²) >= 11 is 0. The molecule has 0 aliphatic rings. The summed E-state index contributed by atoms with van der Waals surface area (Å²) in [4.78, 5) is 4.01. The highest BCUT2D eigenvalue weighted by Gasteiger charge is 2.19. The quantitative estimate of drug-likeness (QED) is 0.877. The third-order valence-corrected chi connectivity index (χ3v) is 3.16. The Morgan fingerprint density at radius 3 is 2.65 bits per heavy atom. The lowest BCUT2D eigenvalue weighted by Gasteiger charge is -2.20. The predicted octanol–water partition coefficient (Wildman–Crippen LogP) is 3.32. The Balaban J connectivity index is 2.41. The smallest absolute Gasteiger partial charge is 0.170 e. The Morgan fingerprint density at radius 1 is 1.25 bits per heavy atom. The van der Waals surface area contributed by atoms with Gasteiger partial charge in [-0.25, -0.2) is 4.39 Å². The number of aromatic nitrogens is 1. The average Bonchev–Trinajstić information content (AvgIpc) is 2.50. The monoisotopic (exact) mass is 274 g/mol. The molecule has 0 amide bonds. The summed E-state index contributed by atoms with van der Waals surface area (Å²) in [6, 6.07) is 8.80. The lowest BCUT2D eigenvalue weighted by atomic mass is 9.98. The first-order chi connectivity index (χ1) is 9.77. The molecule has 2 rings (SSSR count). The van der Waals surface area contributed by atoms with Gasteiger partial charge in [-0.15, -0.1) is 0 Å². The van der Waals surface area contributed by atoms with Crippen LogP contribution in [0.1, 0.15) is 30.5 Å². The molecule has 3 nitrogen and oxygen atoms in total. The maximum atomic E-state index is 14.5. The van der Waals surface area contributed by atoms with Crippen molar-refractivity contribution in [1.82, 2.24) is 10.3 Å². The predicted molar refractivity (Wildman–Crippen MR) is 77.3 cm³/mol. The van der Waals surface area contributed by atoms with Crippen LogP contribution in [-0.2, 0) is 0 Å². The third-order valence-electron chi connectivity index (χ3n) is 3.16. The molecule has 0 aliphatic heterocycles. The van der Waals surface area contributed by atoms with Crippen molar-refractivity contribution in [1.29, 1.82) is 0 Å². The summed E-state index contributed by atoms with van der Waals surface area (Å²) < 4.78 is 19.5. The van der Waals surface area contributed by atoms with E-state index in [4.69, 9.17) is 4.74 Å². The topological polar surface area (TPSA) is 34.2 Å². The maximum Gasteiger partial charge on any atom is 0.170 e. The van der Waals surface area contributed by atoms with Gasteiger partial charge in [0.25, 0.3) is 0 Å². The number of pyridine rings is 1. The zero-order valence-electron chi connectivity index (χ0n) is 11.8. The zero-order chi connectivity index (χ0) is 14.4. The number of hydrogen-bond donors (Lipinski definition) is 1. The van der Waals surface area contributed by atoms with Gasteiger partial charge < -0.3 is 10.1 Å². The van der Waals surface area contributed by atoms with Gasteiger partial charge in [-0.3, -0.25) is 4.98 Å². The van der Waals surface area contributed by atoms with Gasteiger partial charge in [0.2, 0.25) is 0 Å². The molecule has 0 spiro atoms. The van der Waals surface area contributed by atoms with Crippen molar-refractivity contribution in [3.8, 4) is 5.75 Å². The molecule has 1 atom stereocenters. The number of ether oxygens (including phenoxy) is 1. The van der Waals surface area contributed by atoms with Gasteiger partial charge in [0.1, 0.15) is 0 Å². The van der Waals surface area contributed by atoms with Gasteiger partial charge >= 0.3 is 0 Å². The van der Waals surface area contributed by atoms with Crippen LogP contribution in [0.15, 0.2) is 42.7 Å². The minimum Gasteiger partial charge on any atom is -0.494 e. The Kier molecular flexibility index (Phi) is 5.07. The number of nitrogens with one attached hydrogen (secondary N) is 1. The van der Waals surface area contributed by atoms with E-state index in [1.807, 2.05) is 12.1 Å². The van der Waals surface area contributed by atoms with E-state index in [2.05, 4.69) is 17.2 Å². The maximum absolute atomic E-state index is 14.5. The second kappa shape index (κ2) is 7.01. The Bertz CT molecular complexity index is 545. The van der Waals surface area contributed by atoms with Crippen LogP contribution in [0.4, 0.5) is 4.39 Å². The molecule has 0 radical (unpaired) electrons. The third kappa shape index (κ3) is 3.14. The summed E-state index contributed by atoms with van der Waals surface area (Å²) in [5, 5.41) is 3.37. The van der Waals surface area contributed by atoms with E-state index >= 15 is 0 Å². The molecule has 0 saturated carbocycles. The Morgan fingerprint density at radius 2 is 2.00 bits per heavy atom. The van der Waals surface area contributed by atoms with E-state index in [0.29, 0.717) is 5.56 Å². The fraction of sp³-hybridized carbons (Fsp3) is 0.312. The summed E-state index contributed by atoms with van der Waals surface area (Å²) in [6.45, 7) is 2.89. The van der Waals surface area contributed by atoms with Crippen LogP contribution in [0.3, 0.4) is 0 Å². The minimum absolute atomic E-state index is 0.201. The first-order valence-corrected chi connectivity index (χ1v) is 6.73. The van der Waals surface area contributed by atoms with Crippen LogP contribution >= 0.6 is 0 Å². The molecule has 4 heteroatoms. The molecule has 106 valence electrons. The van der Waals surface area contributed by atoms with E-state index in [0.717, 1.165) is 18.5 Å². The summed E-state index contributed by atoms with van der Waals surface area (Å²) in [6.07, 6.45) is 4.41. The lowest BCUT2D eigenvalue weighted by Crippen LogP contribution is -2.24. The number of benzene rings is 1. The van der Waals surface area contributed by atoms with E-state index in [9.17, 15) is 4.39 Å². The number of nitrogens with zero attached hydrogens (tertiary/aromatic N) is 1. The number of hydrogen-bond acceptors (Lipinski definition) is 3. The highest BCUT2D eigenvalue weighted by Crippen LogP contribution is 2.29. The molecule has 1 aromatic carbocycles. The highest BCUT2D eigenvalue weighted by molar-refractivity contribution is 5.38. The number of rotatable bonds is 6. The van der Waals surface area contributed by atoms with E-state index in [-0.39, 0.29) is 17.6 Å². The molecule has 1 N–H and O–H groups in total. The average molecular weight is 274 g/mol. The molecular weight excluding hydrogens is 255 g/mol. The molecule has 1 aromatic heterocycles. The Hall–Kier alpha value is -1.94. The van der Waals surface area contributed by atoms with E-state index < -0.39 is 0 Å². The fourth-order valence-corrected chi connectivity index (χ4v) is 2.16. The van der Waals surface area contributed by atoms with Crippen LogP contribution in [-0.4, -0.2) is 18.6 Å². The van der Waals surface area contributed by atoms with Gasteiger partial charge in [-0.05, 0) is 36.7 Å². The standard InChI is InChI=1S/C16H19FN2O/c1-3-9-19-16(12-7-10-18-11-8-12)13-5-4-6-14(20-2)15(13)17/h4-8,10-11,16,19H,3,9H2,1-2H3. The second-order valence-corrected chi connectivity index (χ2v) is 4.53. The molecule has 0 fully saturated rings. The molecule has 0 bridgehead atoms. The second-order valence-electron chi connectivity index (χ2n) is 4.53. The van der Waals surface area contributed by atoms with Crippen molar-refractivity contribution in [3.05, 3.63) is 59.7 Å². The van der Waals surface area contributed by atoms with Crippen molar-refractivity contribution < 1.29 is 9.13 Å². The summed E-state index contributed by atoms with van der Waals surface area (Å²) in [5.74, 6) is -0.0553. The first-order valence-electron chi connectivity index (χ1n) is 6.73. The summed E-state index contributed by atoms with van der Waals surface area (Å²) in [7, 11) is 1.48. The molecule has 2 aromatic rings. The lowest BCUT2D eigenvalue weighted by molar-refractivity contribution is 0.381. The summed E-state index contributed by atoms with van der Waals surface area (Å²) in [5.41, 5.74) is 1.57. The molecular formula is C16H19FN2O. The van der Waals surface area contributed by atoms with Crippen molar-refractivity contribution in [2.24, 2.45) is 0 Å². The normalized spacial score (nSPS) is 12.2. The molecule has 1 heterocycles. The largest absolute Gasteiger partial charge is 0.494 e. The molecule has 0 saturated heterocycles. The van der Waals surface area contributed by atoms with Crippen LogP contribution in [0.2, 0.25) is 0 Å². The zero-order valence-corrected chi connectivity index (χ0v) is 11.8. The van der Waals surface area contributed by atoms with Crippen LogP contribution in [0.5, 0.6) is 5.75 Å². The number of halogens is 1. The van der Waals surface area contributed by atoms with Crippen LogP contribution < -0.4 is 10.1 Å². The number of methoxy groups -OCH3 is 1. The highest BCUT2D eigenvalue weighted by atomic mass is 19.1. The van der Waals surface area contributed by atoms with Crippen LogP contribution in [0.25, 0.3) is 0 Å². The van der Waals surface area contributed by atoms with Gasteiger partial charge in [0, 0.05) is 18.0 Å². The Labute approximate surface area is 118 Å². The van der Waals surface area contributed by atoms with Crippen molar-refractivity contribution in [2.75, 3.05) is 13.7 Å². The van der Waals surface area contributed by atoms with E-state index in [1.54, 1.807) is 30.6 Å². The SMILES string of the molecule is CCCNC(c1ccncc1)c1cccc(OC)c1F. The molecule has 1 unspecified atom stereocenters. The molecule has 0 aliphatic carbocycles. The van der Waals surface area contributed by atoms with Crippen molar-refractivity contribution >= 4 is 0 Å².